The second kappa shape index (κ2) is 9.31. The van der Waals surface area contributed by atoms with E-state index in [-0.39, 0.29) is 0 Å². The number of carboxylic acids is 1. The minimum Gasteiger partial charge on any atom is -0.481 e. The minimum atomic E-state index is -2.36. The molecule has 0 saturated carbocycles. The van der Waals surface area contributed by atoms with Crippen molar-refractivity contribution in [1.29, 1.82) is 0 Å². The van der Waals surface area contributed by atoms with E-state index in [0.29, 0.717) is 11.3 Å². The molecular weight excluding hydrogens is 391 g/mol. The Balaban J connectivity index is 1.88. The number of para-hydroxylation sites is 1. The number of carbonyl (C=O) groups is 1. The predicted molar refractivity (Wildman–Crippen MR) is 117 cm³/mol. The molecule has 3 rings (SSSR count). The van der Waals surface area contributed by atoms with Crippen molar-refractivity contribution in [2.45, 2.75) is 0 Å². The second-order valence-electron chi connectivity index (χ2n) is 5.86. The van der Waals surface area contributed by atoms with Crippen LogP contribution in [0.3, 0.4) is 0 Å². The standard InChI is InChI=1S/C21H19N2O3PS/c24-21(25)16-26-20-14-8-7-9-17(20)15-22-23-27(28,18-10-3-1-4-11-18)19-12-5-2-6-13-19/h1-15H,16H2,(H,23,28)(H,24,25)/b22-15+. The van der Waals surface area contributed by atoms with Crippen LogP contribution in [0, 0.1) is 0 Å². The Labute approximate surface area is 168 Å². The molecule has 7 heteroatoms. The van der Waals surface area contributed by atoms with E-state index < -0.39 is 18.8 Å². The maximum atomic E-state index is 10.8. The van der Waals surface area contributed by atoms with Gasteiger partial charge >= 0.3 is 5.97 Å². The van der Waals surface area contributed by atoms with Crippen molar-refractivity contribution in [2.24, 2.45) is 5.10 Å². The van der Waals surface area contributed by atoms with Gasteiger partial charge < -0.3 is 9.84 Å². The third kappa shape index (κ3) is 4.85. The van der Waals surface area contributed by atoms with Crippen LogP contribution in [-0.4, -0.2) is 23.9 Å². The van der Waals surface area contributed by atoms with Gasteiger partial charge in [-0.1, -0.05) is 84.6 Å². The first-order valence-electron chi connectivity index (χ1n) is 8.55. The number of aliphatic carboxylic acids is 1. The fourth-order valence-corrected chi connectivity index (χ4v) is 5.38. The van der Waals surface area contributed by atoms with Gasteiger partial charge in [0.05, 0.1) is 6.21 Å². The van der Waals surface area contributed by atoms with Gasteiger partial charge in [0, 0.05) is 16.2 Å². The third-order valence-electron chi connectivity index (χ3n) is 3.91. The molecule has 0 aliphatic rings. The molecule has 0 fully saturated rings. The predicted octanol–water partition coefficient (Wildman–Crippen LogP) is 3.12. The van der Waals surface area contributed by atoms with Crippen LogP contribution in [0.15, 0.2) is 90.0 Å². The topological polar surface area (TPSA) is 70.9 Å². The van der Waals surface area contributed by atoms with E-state index in [9.17, 15) is 4.79 Å². The number of hydrazone groups is 1. The molecule has 2 N–H and O–H groups in total. The van der Waals surface area contributed by atoms with Crippen molar-refractivity contribution >= 4 is 40.8 Å². The number of rotatable bonds is 8. The van der Waals surface area contributed by atoms with Gasteiger partial charge in [-0.05, 0) is 12.1 Å². The summed E-state index contributed by atoms with van der Waals surface area (Å²) < 4.78 is 5.31. The van der Waals surface area contributed by atoms with Crippen molar-refractivity contribution in [3.05, 3.63) is 90.5 Å². The Morgan fingerprint density at radius 1 is 0.964 bits per heavy atom. The van der Waals surface area contributed by atoms with E-state index in [1.807, 2.05) is 66.7 Å². The Morgan fingerprint density at radius 3 is 2.07 bits per heavy atom. The van der Waals surface area contributed by atoms with E-state index in [1.165, 1.54) is 0 Å². The van der Waals surface area contributed by atoms with Crippen LogP contribution in [0.2, 0.25) is 0 Å². The highest BCUT2D eigenvalue weighted by molar-refractivity contribution is 8.20. The highest BCUT2D eigenvalue weighted by Gasteiger charge is 2.21. The summed E-state index contributed by atoms with van der Waals surface area (Å²) in [5.74, 6) is -0.586. The first-order chi connectivity index (χ1) is 13.6. The molecular formula is C21H19N2O3PS. The molecule has 0 aliphatic carbocycles. The SMILES string of the molecule is O=C(O)COc1ccccc1/C=N/NP(=S)(c1ccccc1)c1ccccc1. The maximum absolute atomic E-state index is 10.8. The Bertz CT molecular complexity index is 967. The number of benzene rings is 3. The van der Waals surface area contributed by atoms with E-state index in [2.05, 4.69) is 10.3 Å². The molecule has 0 amide bonds. The highest BCUT2D eigenvalue weighted by Crippen LogP contribution is 2.38. The Hall–Kier alpha value is -2.95. The summed E-state index contributed by atoms with van der Waals surface area (Å²) in [5.41, 5.74) is 0.666. The summed E-state index contributed by atoms with van der Waals surface area (Å²) in [4.78, 5) is 10.8. The Kier molecular flexibility index (Phi) is 6.58. The summed E-state index contributed by atoms with van der Waals surface area (Å²) in [6.45, 7) is -0.412. The second-order valence-corrected chi connectivity index (χ2v) is 9.95. The van der Waals surface area contributed by atoms with Gasteiger partial charge in [0.15, 0.2) is 6.61 Å². The van der Waals surface area contributed by atoms with Crippen molar-refractivity contribution in [3.63, 3.8) is 0 Å². The number of hydrogen-bond acceptors (Lipinski definition) is 4. The average molecular weight is 410 g/mol. The summed E-state index contributed by atoms with van der Waals surface area (Å²) in [7, 11) is 0. The molecule has 3 aromatic rings. The van der Waals surface area contributed by atoms with Crippen molar-refractivity contribution in [1.82, 2.24) is 5.20 Å². The lowest BCUT2D eigenvalue weighted by atomic mass is 10.2. The molecule has 0 aromatic heterocycles. The zero-order chi connectivity index (χ0) is 19.8. The lowest BCUT2D eigenvalue weighted by Gasteiger charge is -2.22. The van der Waals surface area contributed by atoms with Gasteiger partial charge in [-0.3, -0.25) is 5.20 Å². The minimum absolute atomic E-state index is 0.412. The van der Waals surface area contributed by atoms with Crippen molar-refractivity contribution < 1.29 is 14.6 Å². The normalized spacial score (nSPS) is 11.3. The van der Waals surface area contributed by atoms with E-state index in [0.717, 1.165) is 10.6 Å². The fourth-order valence-electron chi connectivity index (χ4n) is 2.58. The summed E-state index contributed by atoms with van der Waals surface area (Å²) in [5, 5.41) is 18.4. The van der Waals surface area contributed by atoms with Crippen LogP contribution in [0.1, 0.15) is 5.56 Å². The first kappa shape index (κ1) is 19.8. The zero-order valence-corrected chi connectivity index (χ0v) is 16.6. The number of carboxylic acid groups (broad SMARTS) is 1. The summed E-state index contributed by atoms with van der Waals surface area (Å²) in [6, 6.07) is 26.9. The molecule has 0 bridgehead atoms. The van der Waals surface area contributed by atoms with Crippen LogP contribution in [0.25, 0.3) is 0 Å². The molecule has 0 spiro atoms. The van der Waals surface area contributed by atoms with Gasteiger partial charge in [0.2, 0.25) is 0 Å². The molecule has 0 radical (unpaired) electrons. The smallest absolute Gasteiger partial charge is 0.341 e. The fraction of sp³-hybridized carbons (Fsp3) is 0.0476. The Morgan fingerprint density at radius 2 is 1.50 bits per heavy atom. The summed E-state index contributed by atoms with van der Waals surface area (Å²) >= 11 is 6.05. The molecule has 28 heavy (non-hydrogen) atoms. The van der Waals surface area contributed by atoms with E-state index in [1.54, 1.807) is 24.4 Å². The van der Waals surface area contributed by atoms with Gasteiger partial charge in [0.1, 0.15) is 11.9 Å². The summed E-state index contributed by atoms with van der Waals surface area (Å²) in [6.07, 6.45) is -0.755. The molecule has 142 valence electrons. The monoisotopic (exact) mass is 410 g/mol. The van der Waals surface area contributed by atoms with Crippen LogP contribution < -0.4 is 20.5 Å². The molecule has 0 heterocycles. The molecule has 0 atom stereocenters. The van der Waals surface area contributed by atoms with Gasteiger partial charge in [-0.2, -0.15) is 5.10 Å². The van der Waals surface area contributed by atoms with Gasteiger partial charge in [-0.25, -0.2) is 4.79 Å². The number of nitrogens with one attached hydrogen (secondary N) is 1. The van der Waals surface area contributed by atoms with Crippen LogP contribution in [-0.2, 0) is 16.6 Å². The van der Waals surface area contributed by atoms with Gasteiger partial charge in [-0.15, -0.1) is 0 Å². The molecule has 0 saturated heterocycles. The zero-order valence-electron chi connectivity index (χ0n) is 14.9. The number of ether oxygens (including phenoxy) is 1. The quantitative estimate of drug-likeness (QED) is 0.339. The van der Waals surface area contributed by atoms with Crippen molar-refractivity contribution in [3.8, 4) is 5.75 Å². The highest BCUT2D eigenvalue weighted by atomic mass is 32.4. The molecule has 3 aromatic carbocycles. The van der Waals surface area contributed by atoms with Crippen LogP contribution in [0.5, 0.6) is 5.75 Å². The van der Waals surface area contributed by atoms with Crippen LogP contribution in [0.4, 0.5) is 0 Å². The maximum Gasteiger partial charge on any atom is 0.341 e. The number of nitrogens with zero attached hydrogens (tertiary/aromatic N) is 1. The molecule has 5 nitrogen and oxygen atoms in total. The van der Waals surface area contributed by atoms with Crippen molar-refractivity contribution in [2.75, 3.05) is 6.61 Å². The molecule has 0 unspecified atom stereocenters. The largest absolute Gasteiger partial charge is 0.481 e. The lowest BCUT2D eigenvalue weighted by molar-refractivity contribution is -0.139. The first-order valence-corrected chi connectivity index (χ1v) is 11.3. The average Bonchev–Trinajstić information content (AvgIpc) is 2.74. The number of hydrogen-bond donors (Lipinski definition) is 2. The third-order valence-corrected chi connectivity index (χ3v) is 7.87. The van der Waals surface area contributed by atoms with Gasteiger partial charge in [0.25, 0.3) is 0 Å². The van der Waals surface area contributed by atoms with Crippen LogP contribution >= 0.6 is 6.19 Å². The lowest BCUT2D eigenvalue weighted by Crippen LogP contribution is -2.24. The van der Waals surface area contributed by atoms with E-state index in [4.69, 9.17) is 21.7 Å². The molecule has 0 aliphatic heterocycles. The van der Waals surface area contributed by atoms with E-state index >= 15 is 0 Å².